The molecule has 1 aromatic carbocycles. The highest BCUT2D eigenvalue weighted by Crippen LogP contribution is 2.30. The van der Waals surface area contributed by atoms with Gasteiger partial charge in [0, 0.05) is 35.8 Å². The van der Waals surface area contributed by atoms with E-state index in [0.29, 0.717) is 11.4 Å². The molecule has 0 aliphatic carbocycles. The molecule has 0 bridgehead atoms. The first-order valence-electron chi connectivity index (χ1n) is 5.70. The molecular weight excluding hydrogens is 222 g/mol. The number of anilines is 1. The summed E-state index contributed by atoms with van der Waals surface area (Å²) in [7, 11) is 0. The molecule has 1 aliphatic rings. The van der Waals surface area contributed by atoms with E-state index in [1.165, 1.54) is 12.8 Å². The number of ketones is 1. The number of halogens is 1. The zero-order chi connectivity index (χ0) is 11.5. The van der Waals surface area contributed by atoms with Gasteiger partial charge in [0.1, 0.15) is 5.78 Å². The third kappa shape index (κ3) is 2.38. The fourth-order valence-electron chi connectivity index (χ4n) is 2.23. The van der Waals surface area contributed by atoms with Crippen molar-refractivity contribution in [1.29, 1.82) is 0 Å². The van der Waals surface area contributed by atoms with Gasteiger partial charge >= 0.3 is 0 Å². The van der Waals surface area contributed by atoms with Gasteiger partial charge < -0.3 is 4.90 Å². The van der Waals surface area contributed by atoms with Crippen molar-refractivity contribution in [2.45, 2.75) is 26.2 Å². The van der Waals surface area contributed by atoms with Crippen molar-refractivity contribution in [3.05, 3.63) is 28.8 Å². The first-order valence-corrected chi connectivity index (χ1v) is 6.08. The Kier molecular flexibility index (Phi) is 3.49. The van der Waals surface area contributed by atoms with Crippen molar-refractivity contribution in [3.8, 4) is 0 Å². The Balaban J connectivity index is 2.34. The van der Waals surface area contributed by atoms with Gasteiger partial charge in [0.2, 0.25) is 0 Å². The van der Waals surface area contributed by atoms with Gasteiger partial charge in [0.25, 0.3) is 0 Å². The first kappa shape index (κ1) is 11.5. The van der Waals surface area contributed by atoms with Gasteiger partial charge in [0.15, 0.2) is 0 Å². The molecule has 0 amide bonds. The van der Waals surface area contributed by atoms with Crippen LogP contribution in [0.25, 0.3) is 0 Å². The van der Waals surface area contributed by atoms with Crippen molar-refractivity contribution in [2.75, 3.05) is 18.0 Å². The fraction of sp³-hybridized carbons (Fsp3) is 0.462. The Hall–Kier alpha value is -1.02. The molecule has 3 heteroatoms. The molecule has 0 aromatic heterocycles. The van der Waals surface area contributed by atoms with Gasteiger partial charge in [-0.25, -0.2) is 0 Å². The molecule has 0 radical (unpaired) electrons. The van der Waals surface area contributed by atoms with Gasteiger partial charge in [-0.3, -0.25) is 4.79 Å². The van der Waals surface area contributed by atoms with Crippen LogP contribution in [0.4, 0.5) is 5.69 Å². The second-order valence-corrected chi connectivity index (χ2v) is 4.72. The monoisotopic (exact) mass is 237 g/mol. The topological polar surface area (TPSA) is 20.3 Å². The molecule has 2 rings (SSSR count). The molecule has 16 heavy (non-hydrogen) atoms. The molecule has 1 aromatic rings. The maximum Gasteiger partial charge on any atom is 0.134 e. The highest BCUT2D eigenvalue weighted by molar-refractivity contribution is 6.32. The average molecular weight is 238 g/mol. The smallest absolute Gasteiger partial charge is 0.134 e. The van der Waals surface area contributed by atoms with E-state index in [-0.39, 0.29) is 5.78 Å². The molecule has 86 valence electrons. The van der Waals surface area contributed by atoms with Crippen LogP contribution in [-0.4, -0.2) is 18.9 Å². The molecular formula is C13H16ClNO. The quantitative estimate of drug-likeness (QED) is 0.805. The third-order valence-corrected chi connectivity index (χ3v) is 3.32. The summed E-state index contributed by atoms with van der Waals surface area (Å²) in [5.74, 6) is 0.161. The summed E-state index contributed by atoms with van der Waals surface area (Å²) in [5, 5.41) is 0.708. The van der Waals surface area contributed by atoms with E-state index in [1.807, 2.05) is 12.1 Å². The van der Waals surface area contributed by atoms with Crippen molar-refractivity contribution in [3.63, 3.8) is 0 Å². The molecule has 1 heterocycles. The van der Waals surface area contributed by atoms with Crippen LogP contribution in [0.1, 0.15) is 25.3 Å². The molecule has 1 fully saturated rings. The average Bonchev–Trinajstić information content (AvgIpc) is 2.73. The number of carbonyl (C=O) groups is 1. The van der Waals surface area contributed by atoms with E-state index in [1.54, 1.807) is 6.92 Å². The Labute approximate surface area is 101 Å². The minimum absolute atomic E-state index is 0.161. The molecule has 0 saturated carbocycles. The Morgan fingerprint density at radius 1 is 1.38 bits per heavy atom. The minimum atomic E-state index is 0.161. The Morgan fingerprint density at radius 3 is 2.69 bits per heavy atom. The third-order valence-electron chi connectivity index (χ3n) is 2.97. The van der Waals surface area contributed by atoms with Gasteiger partial charge in [-0.05, 0) is 31.9 Å². The van der Waals surface area contributed by atoms with E-state index in [2.05, 4.69) is 11.0 Å². The van der Waals surface area contributed by atoms with Crippen molar-refractivity contribution in [1.82, 2.24) is 0 Å². The first-order chi connectivity index (χ1) is 7.68. The maximum absolute atomic E-state index is 11.3. The lowest BCUT2D eigenvalue weighted by molar-refractivity contribution is -0.116. The summed E-state index contributed by atoms with van der Waals surface area (Å²) in [5.41, 5.74) is 2.12. The second-order valence-electron chi connectivity index (χ2n) is 4.31. The van der Waals surface area contributed by atoms with Crippen LogP contribution in [0.3, 0.4) is 0 Å². The lowest BCUT2D eigenvalue weighted by atomic mass is 10.1. The summed E-state index contributed by atoms with van der Waals surface area (Å²) < 4.78 is 0. The molecule has 1 saturated heterocycles. The van der Waals surface area contributed by atoms with Crippen LogP contribution in [-0.2, 0) is 11.2 Å². The van der Waals surface area contributed by atoms with Crippen molar-refractivity contribution in [2.24, 2.45) is 0 Å². The van der Waals surface area contributed by atoms with Crippen LogP contribution in [0.5, 0.6) is 0 Å². The number of benzene rings is 1. The normalized spacial score (nSPS) is 15.5. The molecule has 1 aliphatic heterocycles. The van der Waals surface area contributed by atoms with Crippen LogP contribution in [0.2, 0.25) is 5.02 Å². The van der Waals surface area contributed by atoms with E-state index >= 15 is 0 Å². The number of hydrogen-bond donors (Lipinski definition) is 0. The van der Waals surface area contributed by atoms with Gasteiger partial charge in [-0.15, -0.1) is 0 Å². The molecule has 0 N–H and O–H groups in total. The highest BCUT2D eigenvalue weighted by Gasteiger charge is 2.17. The number of Topliss-reactive ketones (excluding diaryl/α,β-unsaturated/α-hetero) is 1. The van der Waals surface area contributed by atoms with E-state index in [4.69, 9.17) is 11.6 Å². The highest BCUT2D eigenvalue weighted by atomic mass is 35.5. The summed E-state index contributed by atoms with van der Waals surface area (Å²) in [6.45, 7) is 3.76. The van der Waals surface area contributed by atoms with Crippen LogP contribution < -0.4 is 4.90 Å². The summed E-state index contributed by atoms with van der Waals surface area (Å²) in [4.78, 5) is 13.6. The summed E-state index contributed by atoms with van der Waals surface area (Å²) >= 11 is 6.17. The zero-order valence-corrected chi connectivity index (χ0v) is 10.3. The molecule has 0 spiro atoms. The van der Waals surface area contributed by atoms with Crippen molar-refractivity contribution >= 4 is 23.1 Å². The van der Waals surface area contributed by atoms with Crippen LogP contribution in [0.15, 0.2) is 18.2 Å². The maximum atomic E-state index is 11.3. The number of rotatable bonds is 3. The second kappa shape index (κ2) is 4.88. The van der Waals surface area contributed by atoms with Gasteiger partial charge in [-0.1, -0.05) is 17.7 Å². The predicted octanol–water partition coefficient (Wildman–Crippen LogP) is 3.07. The summed E-state index contributed by atoms with van der Waals surface area (Å²) in [6, 6.07) is 5.88. The summed E-state index contributed by atoms with van der Waals surface area (Å²) in [6.07, 6.45) is 2.89. The van der Waals surface area contributed by atoms with Gasteiger partial charge in [-0.2, -0.15) is 0 Å². The number of nitrogens with zero attached hydrogens (tertiary/aromatic N) is 1. The zero-order valence-electron chi connectivity index (χ0n) is 9.50. The lowest BCUT2D eigenvalue weighted by Gasteiger charge is -2.21. The minimum Gasteiger partial charge on any atom is -0.371 e. The molecule has 0 unspecified atom stereocenters. The van der Waals surface area contributed by atoms with Gasteiger partial charge in [0.05, 0.1) is 0 Å². The van der Waals surface area contributed by atoms with Crippen molar-refractivity contribution < 1.29 is 4.79 Å². The van der Waals surface area contributed by atoms with Crippen LogP contribution in [0, 0.1) is 0 Å². The largest absolute Gasteiger partial charge is 0.371 e. The van der Waals surface area contributed by atoms with E-state index < -0.39 is 0 Å². The van der Waals surface area contributed by atoms with E-state index in [9.17, 15) is 4.79 Å². The predicted molar refractivity (Wildman–Crippen MR) is 67.3 cm³/mol. The SMILES string of the molecule is CC(=O)Cc1c(Cl)cccc1N1CCCC1. The number of hydrogen-bond acceptors (Lipinski definition) is 2. The lowest BCUT2D eigenvalue weighted by Crippen LogP contribution is -2.20. The molecule has 0 atom stereocenters. The van der Waals surface area contributed by atoms with Crippen LogP contribution >= 0.6 is 11.6 Å². The standard InChI is InChI=1S/C13H16ClNO/c1-10(16)9-11-12(14)5-4-6-13(11)15-7-2-3-8-15/h4-6H,2-3,7-9H2,1H3. The molecule has 2 nitrogen and oxygen atoms in total. The Morgan fingerprint density at radius 2 is 2.06 bits per heavy atom. The Bertz CT molecular complexity index is 397. The van der Waals surface area contributed by atoms with E-state index in [0.717, 1.165) is 24.3 Å². The fourth-order valence-corrected chi connectivity index (χ4v) is 2.46. The number of carbonyl (C=O) groups excluding carboxylic acids is 1.